The third-order valence-electron chi connectivity index (χ3n) is 4.68. The van der Waals surface area contributed by atoms with Crippen molar-refractivity contribution in [2.24, 2.45) is 0 Å². The molecule has 0 fully saturated rings. The zero-order chi connectivity index (χ0) is 22.0. The maximum atomic E-state index is 13.6. The molecule has 160 valence electrons. The topological polar surface area (TPSA) is 86.1 Å². The number of methoxy groups -OCH3 is 1. The van der Waals surface area contributed by atoms with Crippen LogP contribution in [0.5, 0.6) is 5.75 Å². The highest BCUT2D eigenvalue weighted by Crippen LogP contribution is 2.31. The molecule has 0 saturated heterocycles. The summed E-state index contributed by atoms with van der Waals surface area (Å²) in [6.07, 6.45) is 2.47. The number of rotatable bonds is 7. The van der Waals surface area contributed by atoms with Crippen LogP contribution in [-0.2, 0) is 11.2 Å². The van der Waals surface area contributed by atoms with Gasteiger partial charge >= 0.3 is 0 Å². The van der Waals surface area contributed by atoms with Crippen LogP contribution < -0.4 is 15.6 Å². The van der Waals surface area contributed by atoms with Gasteiger partial charge in [-0.1, -0.05) is 24.8 Å². The number of thiazole rings is 1. The van der Waals surface area contributed by atoms with Gasteiger partial charge in [0.25, 0.3) is 5.56 Å². The first-order valence-corrected chi connectivity index (χ1v) is 12.2. The fourth-order valence-corrected chi connectivity index (χ4v) is 5.71. The zero-order valence-electron chi connectivity index (χ0n) is 17.2. The number of anilines is 1. The molecule has 0 saturated carbocycles. The number of thiophene rings is 1. The van der Waals surface area contributed by atoms with Gasteiger partial charge < -0.3 is 10.1 Å². The maximum Gasteiger partial charge on any atom is 0.267 e. The second-order valence-electron chi connectivity index (χ2n) is 6.59. The Bertz CT molecular complexity index is 1300. The highest BCUT2D eigenvalue weighted by molar-refractivity contribution is 7.99. The number of thioether (sulfide) groups is 1. The summed E-state index contributed by atoms with van der Waals surface area (Å²) in [5.74, 6) is 0.535. The number of aryl methyl sites for hydroxylation is 2. The van der Waals surface area contributed by atoms with Crippen LogP contribution in [-0.4, -0.2) is 33.3 Å². The molecular formula is C21H20N4O3S3. The van der Waals surface area contributed by atoms with Gasteiger partial charge in [0.2, 0.25) is 5.91 Å². The Morgan fingerprint density at radius 1 is 1.35 bits per heavy atom. The molecule has 31 heavy (non-hydrogen) atoms. The van der Waals surface area contributed by atoms with E-state index in [1.54, 1.807) is 29.3 Å². The lowest BCUT2D eigenvalue weighted by Gasteiger charge is -2.13. The van der Waals surface area contributed by atoms with E-state index >= 15 is 0 Å². The number of aromatic nitrogens is 3. The van der Waals surface area contributed by atoms with Gasteiger partial charge in [0, 0.05) is 22.5 Å². The molecule has 1 N–H and O–H groups in total. The molecule has 3 heterocycles. The second kappa shape index (κ2) is 9.21. The number of benzene rings is 1. The van der Waals surface area contributed by atoms with Crippen LogP contribution in [0.3, 0.4) is 0 Å². The second-order valence-corrected chi connectivity index (χ2v) is 9.52. The van der Waals surface area contributed by atoms with E-state index in [4.69, 9.17) is 9.72 Å². The summed E-state index contributed by atoms with van der Waals surface area (Å²) >= 11 is 4.10. The van der Waals surface area contributed by atoms with Gasteiger partial charge in [-0.2, -0.15) is 0 Å². The number of nitrogens with one attached hydrogen (secondary N) is 1. The van der Waals surface area contributed by atoms with Crippen molar-refractivity contribution < 1.29 is 9.53 Å². The summed E-state index contributed by atoms with van der Waals surface area (Å²) in [5.41, 5.74) is 1.47. The summed E-state index contributed by atoms with van der Waals surface area (Å²) in [4.78, 5) is 36.6. The van der Waals surface area contributed by atoms with Crippen molar-refractivity contribution >= 4 is 55.7 Å². The van der Waals surface area contributed by atoms with Crippen LogP contribution in [0.2, 0.25) is 0 Å². The van der Waals surface area contributed by atoms with Crippen molar-refractivity contribution in [2.75, 3.05) is 18.2 Å². The van der Waals surface area contributed by atoms with E-state index in [0.717, 1.165) is 16.9 Å². The Hall–Kier alpha value is -2.69. The van der Waals surface area contributed by atoms with Crippen molar-refractivity contribution in [1.82, 2.24) is 14.5 Å². The summed E-state index contributed by atoms with van der Waals surface area (Å²) in [7, 11) is 1.58. The molecule has 7 nitrogen and oxygen atoms in total. The van der Waals surface area contributed by atoms with Gasteiger partial charge in [-0.3, -0.25) is 14.2 Å². The van der Waals surface area contributed by atoms with Gasteiger partial charge in [0.1, 0.15) is 10.6 Å². The Morgan fingerprint density at radius 3 is 2.90 bits per heavy atom. The van der Waals surface area contributed by atoms with Gasteiger partial charge in [0.05, 0.1) is 23.9 Å². The van der Waals surface area contributed by atoms with Crippen LogP contribution in [0.4, 0.5) is 5.13 Å². The van der Waals surface area contributed by atoms with E-state index in [1.807, 2.05) is 25.1 Å². The average Bonchev–Trinajstić information content (AvgIpc) is 3.39. The first-order valence-electron chi connectivity index (χ1n) is 9.53. The normalized spacial score (nSPS) is 11.1. The molecule has 0 atom stereocenters. The lowest BCUT2D eigenvalue weighted by molar-refractivity contribution is -0.113. The largest absolute Gasteiger partial charge is 0.497 e. The molecule has 0 spiro atoms. The summed E-state index contributed by atoms with van der Waals surface area (Å²) in [5, 5.41) is 6.18. The molecule has 4 rings (SSSR count). The van der Waals surface area contributed by atoms with E-state index in [2.05, 4.69) is 17.2 Å². The van der Waals surface area contributed by atoms with Crippen molar-refractivity contribution in [3.8, 4) is 11.4 Å². The Kier molecular flexibility index (Phi) is 6.40. The highest BCUT2D eigenvalue weighted by atomic mass is 32.2. The quantitative estimate of drug-likeness (QED) is 0.315. The minimum Gasteiger partial charge on any atom is -0.497 e. The van der Waals surface area contributed by atoms with Crippen molar-refractivity contribution in [2.45, 2.75) is 25.4 Å². The van der Waals surface area contributed by atoms with Crippen molar-refractivity contribution in [1.29, 1.82) is 0 Å². The van der Waals surface area contributed by atoms with Gasteiger partial charge in [-0.05, 0) is 31.0 Å². The molecule has 0 bridgehead atoms. The first-order chi connectivity index (χ1) is 15.0. The third-order valence-corrected chi connectivity index (χ3v) is 7.63. The van der Waals surface area contributed by atoms with E-state index in [9.17, 15) is 9.59 Å². The number of hydrogen-bond acceptors (Lipinski definition) is 8. The number of nitrogens with zero attached hydrogens (tertiary/aromatic N) is 3. The average molecular weight is 473 g/mol. The van der Waals surface area contributed by atoms with Gasteiger partial charge in [-0.15, -0.1) is 22.7 Å². The van der Waals surface area contributed by atoms with Gasteiger partial charge in [0.15, 0.2) is 10.3 Å². The van der Waals surface area contributed by atoms with Crippen LogP contribution in [0.15, 0.2) is 45.8 Å². The molecule has 0 aliphatic carbocycles. The Labute approximate surface area is 191 Å². The minimum absolute atomic E-state index is 0.104. The standard InChI is InChI=1S/C21H20N4O3S3/c1-4-15-12(2)17-18(31-15)24-21(30-11-16(26)23-20-22-8-9-29-20)25(19(17)27)13-6-5-7-14(10-13)28-3/h5-10H,4,11H2,1-3H3,(H,22,23,26). The Morgan fingerprint density at radius 2 is 2.19 bits per heavy atom. The van der Waals surface area contributed by atoms with Crippen LogP contribution in [0, 0.1) is 6.92 Å². The Balaban J connectivity index is 1.78. The van der Waals surface area contributed by atoms with Crippen LogP contribution in [0.25, 0.3) is 15.9 Å². The molecule has 10 heteroatoms. The summed E-state index contributed by atoms with van der Waals surface area (Å²) in [6, 6.07) is 7.27. The number of hydrogen-bond donors (Lipinski definition) is 1. The third kappa shape index (κ3) is 4.36. The van der Waals surface area contributed by atoms with Gasteiger partial charge in [-0.25, -0.2) is 9.97 Å². The number of ether oxygens (including phenoxy) is 1. The van der Waals surface area contributed by atoms with E-state index < -0.39 is 0 Å². The molecule has 0 radical (unpaired) electrons. The SMILES string of the molecule is CCc1sc2nc(SCC(=O)Nc3nccs3)n(-c3cccc(OC)c3)c(=O)c2c1C. The van der Waals surface area contributed by atoms with Crippen molar-refractivity contribution in [3.63, 3.8) is 0 Å². The smallest absolute Gasteiger partial charge is 0.267 e. The number of carbonyl (C=O) groups is 1. The molecule has 4 aromatic rings. The zero-order valence-corrected chi connectivity index (χ0v) is 19.6. The first kappa shape index (κ1) is 21.5. The van der Waals surface area contributed by atoms with E-state index in [0.29, 0.717) is 31.9 Å². The minimum atomic E-state index is -0.205. The van der Waals surface area contributed by atoms with Crippen LogP contribution >= 0.6 is 34.4 Å². The molecule has 1 amide bonds. The van der Waals surface area contributed by atoms with E-state index in [1.165, 1.54) is 34.4 Å². The molecule has 1 aromatic carbocycles. The predicted molar refractivity (Wildman–Crippen MR) is 127 cm³/mol. The molecule has 3 aromatic heterocycles. The van der Waals surface area contributed by atoms with Crippen molar-refractivity contribution in [3.05, 3.63) is 56.6 Å². The monoisotopic (exact) mass is 472 g/mol. The number of amides is 1. The molecular weight excluding hydrogens is 452 g/mol. The lowest BCUT2D eigenvalue weighted by atomic mass is 10.2. The van der Waals surface area contributed by atoms with E-state index in [-0.39, 0.29) is 17.2 Å². The summed E-state index contributed by atoms with van der Waals surface area (Å²) in [6.45, 7) is 4.03. The number of fused-ring (bicyclic) bond motifs is 1. The predicted octanol–water partition coefficient (Wildman–Crippen LogP) is 4.51. The summed E-state index contributed by atoms with van der Waals surface area (Å²) < 4.78 is 6.90. The fraction of sp³-hybridized carbons (Fsp3) is 0.238. The fourth-order valence-electron chi connectivity index (χ4n) is 3.19. The number of carbonyl (C=O) groups excluding carboxylic acids is 1. The molecule has 0 unspecified atom stereocenters. The lowest BCUT2D eigenvalue weighted by Crippen LogP contribution is -2.23. The maximum absolute atomic E-state index is 13.6. The highest BCUT2D eigenvalue weighted by Gasteiger charge is 2.20. The molecule has 0 aliphatic heterocycles. The van der Waals surface area contributed by atoms with Crippen LogP contribution in [0.1, 0.15) is 17.4 Å². The molecule has 0 aliphatic rings.